The van der Waals surface area contributed by atoms with Crippen molar-refractivity contribution in [2.24, 2.45) is 5.92 Å². The largest absolute Gasteiger partial charge is 0.420 e. The Morgan fingerprint density at radius 3 is 2.59 bits per heavy atom. The van der Waals surface area contributed by atoms with Gasteiger partial charge < -0.3 is 9.73 Å². The number of hydrogen-bond donors (Lipinski definition) is 1. The highest BCUT2D eigenvalue weighted by molar-refractivity contribution is 5.91. The van der Waals surface area contributed by atoms with E-state index in [2.05, 4.69) is 20.5 Å². The van der Waals surface area contributed by atoms with Gasteiger partial charge >= 0.3 is 5.76 Å². The van der Waals surface area contributed by atoms with E-state index in [1.54, 1.807) is 16.8 Å². The zero-order valence-electron chi connectivity index (χ0n) is 16.7. The van der Waals surface area contributed by atoms with Gasteiger partial charge in [0.2, 0.25) is 5.91 Å². The van der Waals surface area contributed by atoms with Crippen molar-refractivity contribution in [2.75, 3.05) is 5.32 Å². The molecule has 0 radical (unpaired) electrons. The molecule has 0 atom stereocenters. The predicted octanol–water partition coefficient (Wildman–Crippen LogP) is 3.22. The number of halogens is 2. The number of rotatable bonds is 4. The van der Waals surface area contributed by atoms with Crippen molar-refractivity contribution < 1.29 is 18.0 Å². The van der Waals surface area contributed by atoms with E-state index in [-0.39, 0.29) is 29.4 Å². The molecule has 1 aliphatic carbocycles. The van der Waals surface area contributed by atoms with Crippen LogP contribution in [0.4, 0.5) is 14.6 Å². The van der Waals surface area contributed by atoms with E-state index in [0.717, 1.165) is 23.0 Å². The molecule has 5 rings (SSSR count). The minimum Gasteiger partial charge on any atom is -0.406 e. The number of nitrogens with one attached hydrogen (secondary N) is 1. The van der Waals surface area contributed by atoms with E-state index in [0.29, 0.717) is 36.8 Å². The second-order valence-corrected chi connectivity index (χ2v) is 7.72. The summed E-state index contributed by atoms with van der Waals surface area (Å²) in [5.41, 5.74) is 1.25. The van der Waals surface area contributed by atoms with E-state index in [1.165, 1.54) is 12.4 Å². The minimum atomic E-state index is -0.750. The molecule has 1 aromatic carbocycles. The molecule has 0 unspecified atom stereocenters. The molecule has 0 aliphatic heterocycles. The van der Waals surface area contributed by atoms with Crippen molar-refractivity contribution in [3.8, 4) is 5.69 Å². The van der Waals surface area contributed by atoms with E-state index in [9.17, 15) is 18.4 Å². The summed E-state index contributed by atoms with van der Waals surface area (Å²) in [6, 6.07) is 4.62. The molecule has 164 valence electrons. The van der Waals surface area contributed by atoms with Gasteiger partial charge in [0.1, 0.15) is 11.6 Å². The number of pyridine rings is 1. The lowest BCUT2D eigenvalue weighted by atomic mass is 9.85. The Kier molecular flexibility index (Phi) is 5.00. The summed E-state index contributed by atoms with van der Waals surface area (Å²) in [5, 5.41) is 10.7. The van der Waals surface area contributed by atoms with E-state index in [4.69, 9.17) is 4.42 Å². The fourth-order valence-corrected chi connectivity index (χ4v) is 4.16. The molecule has 3 aromatic heterocycles. The molecule has 0 bridgehead atoms. The lowest BCUT2D eigenvalue weighted by Crippen LogP contribution is -2.30. The van der Waals surface area contributed by atoms with Crippen molar-refractivity contribution in [1.29, 1.82) is 0 Å². The first-order chi connectivity index (χ1) is 15.5. The number of nitrogens with zero attached hydrogens (tertiary/aromatic N) is 5. The third-order valence-corrected chi connectivity index (χ3v) is 5.67. The number of fused-ring (bicyclic) bond motifs is 1. The van der Waals surface area contributed by atoms with Crippen LogP contribution < -0.4 is 11.1 Å². The molecule has 9 nitrogen and oxygen atoms in total. The van der Waals surface area contributed by atoms with Crippen LogP contribution in [0.25, 0.3) is 16.8 Å². The number of carbonyl (C=O) groups is 1. The lowest BCUT2D eigenvalue weighted by molar-refractivity contribution is -0.121. The summed E-state index contributed by atoms with van der Waals surface area (Å²) < 4.78 is 33.7. The number of anilines is 1. The second-order valence-electron chi connectivity index (χ2n) is 7.72. The van der Waals surface area contributed by atoms with Gasteiger partial charge in [0.25, 0.3) is 0 Å². The van der Waals surface area contributed by atoms with Gasteiger partial charge in [-0.2, -0.15) is 5.10 Å². The van der Waals surface area contributed by atoms with Crippen LogP contribution in [-0.2, 0) is 4.79 Å². The maximum absolute atomic E-state index is 13.4. The topological polar surface area (TPSA) is 108 Å². The summed E-state index contributed by atoms with van der Waals surface area (Å²) in [6.07, 6.45) is 6.90. The van der Waals surface area contributed by atoms with Gasteiger partial charge in [-0.15, -0.1) is 9.90 Å². The van der Waals surface area contributed by atoms with Crippen LogP contribution in [0.15, 0.2) is 52.1 Å². The lowest BCUT2D eigenvalue weighted by Gasteiger charge is -2.27. The Morgan fingerprint density at radius 1 is 1.09 bits per heavy atom. The smallest absolute Gasteiger partial charge is 0.406 e. The number of hydrogen-bond acceptors (Lipinski definition) is 6. The van der Waals surface area contributed by atoms with Crippen LogP contribution in [0.1, 0.15) is 31.7 Å². The zero-order chi connectivity index (χ0) is 22.2. The van der Waals surface area contributed by atoms with Crippen LogP contribution in [0.3, 0.4) is 0 Å². The molecular formula is C21H18F2N6O3. The Hall–Kier alpha value is -3.89. The van der Waals surface area contributed by atoms with Crippen molar-refractivity contribution in [2.45, 2.75) is 31.7 Å². The number of oxazole rings is 1. The Labute approximate surface area is 179 Å². The van der Waals surface area contributed by atoms with Crippen LogP contribution in [0.5, 0.6) is 0 Å². The molecule has 1 amide bonds. The van der Waals surface area contributed by atoms with Gasteiger partial charge in [0.15, 0.2) is 11.4 Å². The van der Waals surface area contributed by atoms with Crippen molar-refractivity contribution in [3.05, 3.63) is 65.0 Å². The highest BCUT2D eigenvalue weighted by Gasteiger charge is 2.29. The van der Waals surface area contributed by atoms with Crippen molar-refractivity contribution >= 4 is 22.8 Å². The van der Waals surface area contributed by atoms with Crippen LogP contribution in [0, 0.1) is 17.6 Å². The SMILES string of the molecule is O=C(Nc1cnn(-c2cc(F)cc(F)c2)n1)C1CCC(n2c(=O)oc3cnccc32)CC1. The average molecular weight is 440 g/mol. The molecule has 1 aliphatic rings. The first kappa shape index (κ1) is 20.0. The van der Waals surface area contributed by atoms with E-state index in [1.807, 2.05) is 0 Å². The highest BCUT2D eigenvalue weighted by atomic mass is 19.1. The third-order valence-electron chi connectivity index (χ3n) is 5.67. The maximum Gasteiger partial charge on any atom is 0.420 e. The number of amides is 1. The zero-order valence-corrected chi connectivity index (χ0v) is 16.7. The fraction of sp³-hybridized carbons (Fsp3) is 0.286. The Morgan fingerprint density at radius 2 is 1.84 bits per heavy atom. The summed E-state index contributed by atoms with van der Waals surface area (Å²) in [5.74, 6) is -2.20. The summed E-state index contributed by atoms with van der Waals surface area (Å²) in [4.78, 5) is 30.0. The Bertz CT molecular complexity index is 1330. The standard InChI is InChI=1S/C21H18F2N6O3/c22-13-7-14(23)9-16(8-13)29-25-11-19(27-29)26-20(30)12-1-3-15(4-2-12)28-17-5-6-24-10-18(17)32-21(28)31/h5-12,15H,1-4H2,(H,26,27,30). The molecule has 11 heteroatoms. The monoisotopic (exact) mass is 440 g/mol. The van der Waals surface area contributed by atoms with Gasteiger partial charge in [-0.3, -0.25) is 14.3 Å². The summed E-state index contributed by atoms with van der Waals surface area (Å²) in [7, 11) is 0. The number of aromatic nitrogens is 5. The summed E-state index contributed by atoms with van der Waals surface area (Å²) in [6.45, 7) is 0. The molecule has 1 saturated carbocycles. The van der Waals surface area contributed by atoms with Gasteiger partial charge in [0.05, 0.1) is 23.6 Å². The molecule has 1 N–H and O–H groups in total. The summed E-state index contributed by atoms with van der Waals surface area (Å²) >= 11 is 0. The molecule has 0 saturated heterocycles. The van der Waals surface area contributed by atoms with Crippen molar-refractivity contribution in [1.82, 2.24) is 24.5 Å². The number of carbonyl (C=O) groups excluding carboxylic acids is 1. The van der Waals surface area contributed by atoms with Gasteiger partial charge in [0, 0.05) is 36.4 Å². The molecule has 0 spiro atoms. The molecule has 1 fully saturated rings. The van der Waals surface area contributed by atoms with Gasteiger partial charge in [-0.25, -0.2) is 13.6 Å². The Balaban J connectivity index is 1.24. The average Bonchev–Trinajstić information content (AvgIpc) is 3.36. The van der Waals surface area contributed by atoms with Crippen molar-refractivity contribution in [3.63, 3.8) is 0 Å². The molecule has 4 aromatic rings. The van der Waals surface area contributed by atoms with Crippen LogP contribution >= 0.6 is 0 Å². The van der Waals surface area contributed by atoms with E-state index >= 15 is 0 Å². The van der Waals surface area contributed by atoms with Crippen LogP contribution in [-0.4, -0.2) is 30.5 Å². The maximum atomic E-state index is 13.4. The quantitative estimate of drug-likeness (QED) is 0.522. The fourth-order valence-electron chi connectivity index (χ4n) is 4.16. The molecule has 32 heavy (non-hydrogen) atoms. The third kappa shape index (κ3) is 3.77. The van der Waals surface area contributed by atoms with Gasteiger partial charge in [-0.1, -0.05) is 0 Å². The highest BCUT2D eigenvalue weighted by Crippen LogP contribution is 2.33. The first-order valence-corrected chi connectivity index (χ1v) is 10.1. The first-order valence-electron chi connectivity index (χ1n) is 10.1. The molecular weight excluding hydrogens is 422 g/mol. The van der Waals surface area contributed by atoms with Crippen LogP contribution in [0.2, 0.25) is 0 Å². The predicted molar refractivity (Wildman–Crippen MR) is 109 cm³/mol. The molecule has 3 heterocycles. The van der Waals surface area contributed by atoms with Gasteiger partial charge in [-0.05, 0) is 31.7 Å². The van der Waals surface area contributed by atoms with E-state index < -0.39 is 17.4 Å². The minimum absolute atomic E-state index is 0.0565. The normalized spacial score (nSPS) is 18.7. The second kappa shape index (κ2) is 7.98. The number of benzene rings is 1.